The molecule has 1 aliphatic heterocycles. The van der Waals surface area contributed by atoms with E-state index < -0.39 is 29.4 Å². The summed E-state index contributed by atoms with van der Waals surface area (Å²) in [6, 6.07) is 11.5. The number of urea groups is 1. The summed E-state index contributed by atoms with van der Waals surface area (Å²) in [5.41, 5.74) is -3.07. The molecule has 1 fully saturated rings. The Morgan fingerprint density at radius 2 is 1.86 bits per heavy atom. The van der Waals surface area contributed by atoms with Crippen molar-refractivity contribution in [2.75, 3.05) is 10.2 Å². The smallest absolute Gasteiger partial charge is 0.320 e. The van der Waals surface area contributed by atoms with Gasteiger partial charge in [0, 0.05) is 21.7 Å². The molecule has 2 heterocycles. The number of nitrogens with zero attached hydrogens (tertiary/aromatic N) is 3. The minimum Gasteiger partial charge on any atom is -0.320 e. The number of halogens is 4. The summed E-state index contributed by atoms with van der Waals surface area (Å²) in [6.45, 7) is 1.54. The van der Waals surface area contributed by atoms with Gasteiger partial charge in [0.25, 0.3) is 11.8 Å². The second kappa shape index (κ2) is 10.2. The molecule has 1 N–H and O–H groups in total. The number of anilines is 2. The van der Waals surface area contributed by atoms with Crippen molar-refractivity contribution >= 4 is 52.6 Å². The number of aromatic nitrogens is 1. The molecule has 1 unspecified atom stereocenters. The molecule has 1 aliphatic rings. The number of rotatable bonds is 6. The van der Waals surface area contributed by atoms with E-state index in [1.165, 1.54) is 47.6 Å². The first-order chi connectivity index (χ1) is 17.0. The lowest BCUT2D eigenvalue weighted by Crippen LogP contribution is -2.33. The highest BCUT2D eigenvalue weighted by Gasteiger charge is 2.43. The third-order valence-corrected chi connectivity index (χ3v) is 6.37. The Bertz CT molecular complexity index is 1320. The van der Waals surface area contributed by atoms with Gasteiger partial charge in [-0.25, -0.2) is 9.69 Å². The molecule has 186 valence electrons. The van der Waals surface area contributed by atoms with E-state index in [4.69, 9.17) is 11.6 Å². The SMILES string of the molecule is CC1C(=O)N(c2ccc(SC(F)(F)F)cc2)C(=O)N1Cc1ccncc1NC(=O)c1cccc(Cl)c1. The number of imide groups is 1. The number of carbonyl (C=O) groups excluding carboxylic acids is 3. The van der Waals surface area contributed by atoms with Gasteiger partial charge in [-0.15, -0.1) is 0 Å². The second-order valence-corrected chi connectivity index (χ2v) is 9.37. The highest BCUT2D eigenvalue weighted by atomic mass is 35.5. The van der Waals surface area contributed by atoms with Crippen LogP contribution in [0.25, 0.3) is 0 Å². The van der Waals surface area contributed by atoms with Gasteiger partial charge in [0.05, 0.1) is 24.1 Å². The first-order valence-corrected chi connectivity index (χ1v) is 11.7. The van der Waals surface area contributed by atoms with Crippen LogP contribution in [0.1, 0.15) is 22.8 Å². The maximum atomic E-state index is 13.2. The molecule has 0 saturated carbocycles. The Balaban J connectivity index is 1.53. The molecule has 4 amide bonds. The van der Waals surface area contributed by atoms with Gasteiger partial charge < -0.3 is 10.2 Å². The first kappa shape index (κ1) is 25.5. The van der Waals surface area contributed by atoms with Crippen molar-refractivity contribution in [2.24, 2.45) is 0 Å². The molecule has 2 aromatic carbocycles. The van der Waals surface area contributed by atoms with Gasteiger partial charge in [-0.1, -0.05) is 17.7 Å². The van der Waals surface area contributed by atoms with Crippen LogP contribution in [0, 0.1) is 0 Å². The van der Waals surface area contributed by atoms with Gasteiger partial charge in [0.1, 0.15) is 6.04 Å². The van der Waals surface area contributed by atoms with Crippen molar-refractivity contribution in [1.29, 1.82) is 0 Å². The van der Waals surface area contributed by atoms with Crippen LogP contribution in [-0.4, -0.2) is 39.3 Å². The van der Waals surface area contributed by atoms with Gasteiger partial charge in [0.15, 0.2) is 0 Å². The molecule has 1 saturated heterocycles. The average molecular weight is 535 g/mol. The molecule has 0 aliphatic carbocycles. The van der Waals surface area contributed by atoms with Gasteiger partial charge in [-0.3, -0.25) is 14.6 Å². The quantitative estimate of drug-likeness (QED) is 0.312. The first-order valence-electron chi connectivity index (χ1n) is 10.5. The van der Waals surface area contributed by atoms with Crippen molar-refractivity contribution in [1.82, 2.24) is 9.88 Å². The van der Waals surface area contributed by atoms with E-state index in [2.05, 4.69) is 10.3 Å². The molecule has 0 radical (unpaired) electrons. The topological polar surface area (TPSA) is 82.6 Å². The number of hydrogen-bond donors (Lipinski definition) is 1. The van der Waals surface area contributed by atoms with Gasteiger partial charge in [0.2, 0.25) is 0 Å². The highest BCUT2D eigenvalue weighted by Crippen LogP contribution is 2.38. The van der Waals surface area contributed by atoms with Crippen LogP contribution in [0.3, 0.4) is 0 Å². The Hall–Kier alpha value is -3.57. The summed E-state index contributed by atoms with van der Waals surface area (Å²) >= 11 is 5.67. The fraction of sp³-hybridized carbons (Fsp3) is 0.167. The Labute approximate surface area is 213 Å². The van der Waals surface area contributed by atoms with Crippen molar-refractivity contribution < 1.29 is 27.6 Å². The molecule has 36 heavy (non-hydrogen) atoms. The molecule has 1 aromatic heterocycles. The molecular weight excluding hydrogens is 517 g/mol. The van der Waals surface area contributed by atoms with Crippen LogP contribution in [0.5, 0.6) is 0 Å². The lowest BCUT2D eigenvalue weighted by molar-refractivity contribution is -0.119. The van der Waals surface area contributed by atoms with Crippen LogP contribution in [0.2, 0.25) is 5.02 Å². The number of alkyl halides is 3. The van der Waals surface area contributed by atoms with Crippen molar-refractivity contribution in [3.63, 3.8) is 0 Å². The number of amides is 4. The number of carbonyl (C=O) groups is 3. The van der Waals surface area contributed by atoms with Crippen molar-refractivity contribution in [3.05, 3.63) is 83.1 Å². The zero-order valence-corrected chi connectivity index (χ0v) is 20.2. The van der Waals surface area contributed by atoms with Crippen molar-refractivity contribution in [3.8, 4) is 0 Å². The zero-order valence-electron chi connectivity index (χ0n) is 18.6. The fourth-order valence-corrected chi connectivity index (χ4v) is 4.36. The molecule has 0 bridgehead atoms. The van der Waals surface area contributed by atoms with E-state index in [0.717, 1.165) is 4.90 Å². The second-order valence-electron chi connectivity index (χ2n) is 7.80. The largest absolute Gasteiger partial charge is 0.446 e. The van der Waals surface area contributed by atoms with E-state index in [-0.39, 0.29) is 28.9 Å². The maximum absolute atomic E-state index is 13.2. The van der Waals surface area contributed by atoms with Crippen LogP contribution < -0.4 is 10.2 Å². The third kappa shape index (κ3) is 5.63. The molecular formula is C24H18ClF3N4O3S. The van der Waals surface area contributed by atoms with E-state index in [1.807, 2.05) is 0 Å². The molecule has 0 spiro atoms. The van der Waals surface area contributed by atoms with E-state index in [9.17, 15) is 27.6 Å². The Kier molecular flexibility index (Phi) is 7.23. The summed E-state index contributed by atoms with van der Waals surface area (Å²) in [7, 11) is 0. The molecule has 12 heteroatoms. The maximum Gasteiger partial charge on any atom is 0.446 e. The Morgan fingerprint density at radius 1 is 1.14 bits per heavy atom. The number of pyridine rings is 1. The van der Waals surface area contributed by atoms with E-state index >= 15 is 0 Å². The van der Waals surface area contributed by atoms with Crippen LogP contribution >= 0.6 is 23.4 Å². The normalized spacial score (nSPS) is 16.0. The lowest BCUT2D eigenvalue weighted by Gasteiger charge is -2.21. The lowest BCUT2D eigenvalue weighted by atomic mass is 10.1. The van der Waals surface area contributed by atoms with Crippen molar-refractivity contribution in [2.45, 2.75) is 29.9 Å². The highest BCUT2D eigenvalue weighted by molar-refractivity contribution is 8.00. The van der Waals surface area contributed by atoms with Crippen LogP contribution in [0.4, 0.5) is 29.3 Å². The fourth-order valence-electron chi connectivity index (χ4n) is 3.63. The monoisotopic (exact) mass is 534 g/mol. The summed E-state index contributed by atoms with van der Waals surface area (Å²) in [5.74, 6) is -0.947. The summed E-state index contributed by atoms with van der Waals surface area (Å²) in [6.07, 6.45) is 2.92. The number of hydrogen-bond acceptors (Lipinski definition) is 5. The summed E-state index contributed by atoms with van der Waals surface area (Å²) in [4.78, 5) is 44.9. The summed E-state index contributed by atoms with van der Waals surface area (Å²) < 4.78 is 37.8. The van der Waals surface area contributed by atoms with Gasteiger partial charge in [-0.2, -0.15) is 13.2 Å². The Morgan fingerprint density at radius 3 is 2.53 bits per heavy atom. The number of benzene rings is 2. The summed E-state index contributed by atoms with van der Waals surface area (Å²) in [5, 5.41) is 3.14. The van der Waals surface area contributed by atoms with Crippen LogP contribution in [0.15, 0.2) is 71.9 Å². The number of thioether (sulfide) groups is 1. The van der Waals surface area contributed by atoms with Gasteiger partial charge >= 0.3 is 11.5 Å². The number of nitrogens with one attached hydrogen (secondary N) is 1. The average Bonchev–Trinajstić information content (AvgIpc) is 3.03. The predicted molar refractivity (Wildman–Crippen MR) is 130 cm³/mol. The van der Waals surface area contributed by atoms with E-state index in [1.54, 1.807) is 31.2 Å². The molecule has 7 nitrogen and oxygen atoms in total. The minimum atomic E-state index is -4.45. The van der Waals surface area contributed by atoms with Gasteiger partial charge in [-0.05, 0) is 72.8 Å². The third-order valence-electron chi connectivity index (χ3n) is 5.40. The molecule has 1 atom stereocenters. The van der Waals surface area contributed by atoms with E-state index in [0.29, 0.717) is 21.8 Å². The van der Waals surface area contributed by atoms with Crippen LogP contribution in [-0.2, 0) is 11.3 Å². The molecule has 3 aromatic rings. The zero-order chi connectivity index (χ0) is 26.0. The standard InChI is InChI=1S/C24H18ClF3N4O3S/c1-14-22(34)32(18-5-7-19(8-6-18)36-24(26,27)28)23(35)31(14)13-16-9-10-29-12-20(16)30-21(33)15-3-2-4-17(25)11-15/h2-12,14H,13H2,1H3,(H,30,33). The predicted octanol–water partition coefficient (Wildman–Crippen LogP) is 5.96. The molecule has 4 rings (SSSR count). The minimum absolute atomic E-state index is 0.0159.